The first kappa shape index (κ1) is 13.3. The van der Waals surface area contributed by atoms with Gasteiger partial charge in [-0.25, -0.2) is 0 Å². The van der Waals surface area contributed by atoms with Crippen LogP contribution in [-0.4, -0.2) is 35.8 Å². The molecule has 0 fully saturated rings. The maximum Gasteiger partial charge on any atom is 0.239 e. The molecule has 0 atom stereocenters. The minimum Gasteiger partial charge on any atom is -0.394 e. The van der Waals surface area contributed by atoms with Crippen LogP contribution in [-0.2, 0) is 11.8 Å². The Labute approximate surface area is 102 Å². The van der Waals surface area contributed by atoms with Crippen LogP contribution in [0.3, 0.4) is 0 Å². The fourth-order valence-corrected chi connectivity index (χ4v) is 1.73. The maximum atomic E-state index is 11.6. The molecule has 1 aromatic rings. The second-order valence-electron chi connectivity index (χ2n) is 4.15. The number of hydrogen-bond donors (Lipinski definition) is 2. The predicted octanol–water partition coefficient (Wildman–Crippen LogP) is 0.273. The molecule has 0 aromatic carbocycles. The average Bonchev–Trinajstić information content (AvgIpc) is 2.50. The number of nitrogens with one attached hydrogen (secondary N) is 1. The zero-order chi connectivity index (χ0) is 13.0. The van der Waals surface area contributed by atoms with E-state index < -0.39 is 0 Å². The zero-order valence-electron chi connectivity index (χ0n) is 10.9. The van der Waals surface area contributed by atoms with E-state index in [0.29, 0.717) is 12.2 Å². The smallest absolute Gasteiger partial charge is 0.239 e. The zero-order valence-corrected chi connectivity index (χ0v) is 10.9. The standard InChI is InChI=1S/C11H21N5O/c1-5-6-13-9(17)7-15(3)11-10(12)8(2)14-16(11)4/h5-7,12H2,1-4H3,(H,13,17). The van der Waals surface area contributed by atoms with Gasteiger partial charge in [0, 0.05) is 20.6 Å². The molecule has 1 amide bonds. The van der Waals surface area contributed by atoms with E-state index in [2.05, 4.69) is 10.4 Å². The SMILES string of the molecule is CCCNC(=O)CN(C)c1c(N)c(C)nn1C. The van der Waals surface area contributed by atoms with Crippen molar-refractivity contribution < 1.29 is 4.79 Å². The summed E-state index contributed by atoms with van der Waals surface area (Å²) in [5, 5.41) is 7.05. The fraction of sp³-hybridized carbons (Fsp3) is 0.636. The normalized spacial score (nSPS) is 10.4. The minimum absolute atomic E-state index is 0.00685. The third kappa shape index (κ3) is 3.12. The van der Waals surface area contributed by atoms with Crippen molar-refractivity contribution in [3.63, 3.8) is 0 Å². The quantitative estimate of drug-likeness (QED) is 0.773. The van der Waals surface area contributed by atoms with Crippen LogP contribution in [0.2, 0.25) is 0 Å². The molecule has 0 radical (unpaired) electrons. The first-order chi connectivity index (χ1) is 7.97. The van der Waals surface area contributed by atoms with Gasteiger partial charge in [-0.15, -0.1) is 0 Å². The van der Waals surface area contributed by atoms with Gasteiger partial charge in [0.1, 0.15) is 0 Å². The van der Waals surface area contributed by atoms with Crippen LogP contribution >= 0.6 is 0 Å². The van der Waals surface area contributed by atoms with E-state index in [1.165, 1.54) is 0 Å². The van der Waals surface area contributed by atoms with E-state index in [4.69, 9.17) is 5.73 Å². The van der Waals surface area contributed by atoms with Gasteiger partial charge in [0.25, 0.3) is 0 Å². The number of likely N-dealkylation sites (N-methyl/N-ethyl adjacent to an activating group) is 1. The van der Waals surface area contributed by atoms with Gasteiger partial charge in [0.15, 0.2) is 5.82 Å². The number of aromatic nitrogens is 2. The Morgan fingerprint density at radius 2 is 2.24 bits per heavy atom. The van der Waals surface area contributed by atoms with Crippen molar-refractivity contribution in [1.29, 1.82) is 0 Å². The molecule has 1 aromatic heterocycles. The molecule has 3 N–H and O–H groups in total. The third-order valence-corrected chi connectivity index (χ3v) is 2.55. The summed E-state index contributed by atoms with van der Waals surface area (Å²) in [6.45, 7) is 4.85. The second-order valence-corrected chi connectivity index (χ2v) is 4.15. The first-order valence-electron chi connectivity index (χ1n) is 5.74. The number of nitrogens with two attached hydrogens (primary N) is 1. The van der Waals surface area contributed by atoms with E-state index in [-0.39, 0.29) is 12.5 Å². The van der Waals surface area contributed by atoms with Gasteiger partial charge in [-0.1, -0.05) is 6.92 Å². The predicted molar refractivity (Wildman–Crippen MR) is 68.9 cm³/mol. The molecule has 0 saturated carbocycles. The number of rotatable bonds is 5. The topological polar surface area (TPSA) is 76.2 Å². The van der Waals surface area contributed by atoms with Gasteiger partial charge in [0.05, 0.1) is 17.9 Å². The van der Waals surface area contributed by atoms with Gasteiger partial charge in [-0.05, 0) is 13.3 Å². The number of carbonyl (C=O) groups excluding carboxylic acids is 1. The molecular formula is C11H21N5O. The monoisotopic (exact) mass is 239 g/mol. The van der Waals surface area contributed by atoms with Gasteiger partial charge >= 0.3 is 0 Å². The van der Waals surface area contributed by atoms with Crippen molar-refractivity contribution in [1.82, 2.24) is 15.1 Å². The lowest BCUT2D eigenvalue weighted by Gasteiger charge is -2.19. The highest BCUT2D eigenvalue weighted by molar-refractivity contribution is 5.82. The molecule has 0 aliphatic rings. The number of aryl methyl sites for hydroxylation is 2. The second kappa shape index (κ2) is 5.56. The van der Waals surface area contributed by atoms with Gasteiger partial charge < -0.3 is 16.0 Å². The number of anilines is 2. The van der Waals surface area contributed by atoms with Crippen molar-refractivity contribution in [3.05, 3.63) is 5.69 Å². The maximum absolute atomic E-state index is 11.6. The number of carbonyl (C=O) groups is 1. The summed E-state index contributed by atoms with van der Waals surface area (Å²) in [4.78, 5) is 13.4. The summed E-state index contributed by atoms with van der Waals surface area (Å²) in [5.41, 5.74) is 7.33. The van der Waals surface area contributed by atoms with Crippen molar-refractivity contribution in [2.24, 2.45) is 7.05 Å². The lowest BCUT2D eigenvalue weighted by atomic mass is 10.3. The molecule has 1 rings (SSSR count). The lowest BCUT2D eigenvalue weighted by Crippen LogP contribution is -2.36. The molecule has 0 spiro atoms. The summed E-state index contributed by atoms with van der Waals surface area (Å²) in [6.07, 6.45) is 0.933. The van der Waals surface area contributed by atoms with Crippen LogP contribution in [0.25, 0.3) is 0 Å². The van der Waals surface area contributed by atoms with Crippen LogP contribution < -0.4 is 16.0 Å². The number of nitrogen functional groups attached to an aromatic ring is 1. The minimum atomic E-state index is -0.00685. The Morgan fingerprint density at radius 1 is 1.59 bits per heavy atom. The Bertz CT molecular complexity index is 399. The van der Waals surface area contributed by atoms with Gasteiger partial charge in [-0.2, -0.15) is 5.10 Å². The Morgan fingerprint density at radius 3 is 2.71 bits per heavy atom. The molecule has 6 heteroatoms. The highest BCUT2D eigenvalue weighted by Gasteiger charge is 2.16. The van der Waals surface area contributed by atoms with E-state index in [1.54, 1.807) is 9.58 Å². The van der Waals surface area contributed by atoms with Crippen molar-refractivity contribution in [2.75, 3.05) is 30.8 Å². The Hall–Kier alpha value is -1.72. The van der Waals surface area contributed by atoms with Crippen LogP contribution in [0, 0.1) is 6.92 Å². The van der Waals surface area contributed by atoms with Crippen molar-refractivity contribution >= 4 is 17.4 Å². The lowest BCUT2D eigenvalue weighted by molar-refractivity contribution is -0.119. The molecular weight excluding hydrogens is 218 g/mol. The van der Waals surface area contributed by atoms with Crippen molar-refractivity contribution in [2.45, 2.75) is 20.3 Å². The number of nitrogens with zero attached hydrogens (tertiary/aromatic N) is 3. The molecule has 6 nitrogen and oxygen atoms in total. The van der Waals surface area contributed by atoms with Gasteiger partial charge in [-0.3, -0.25) is 9.48 Å². The molecule has 0 saturated heterocycles. The fourth-order valence-electron chi connectivity index (χ4n) is 1.73. The summed E-state index contributed by atoms with van der Waals surface area (Å²) >= 11 is 0. The van der Waals surface area contributed by atoms with Crippen LogP contribution in [0.4, 0.5) is 11.5 Å². The molecule has 0 unspecified atom stereocenters. The molecule has 17 heavy (non-hydrogen) atoms. The molecule has 0 bridgehead atoms. The Balaban J connectivity index is 2.69. The van der Waals surface area contributed by atoms with Crippen molar-refractivity contribution in [3.8, 4) is 0 Å². The molecule has 0 aliphatic carbocycles. The summed E-state index contributed by atoms with van der Waals surface area (Å²) in [6, 6.07) is 0. The van der Waals surface area contributed by atoms with Gasteiger partial charge in [0.2, 0.25) is 5.91 Å². The highest BCUT2D eigenvalue weighted by atomic mass is 16.2. The van der Waals surface area contributed by atoms with E-state index in [1.807, 2.05) is 27.9 Å². The van der Waals surface area contributed by atoms with E-state index in [0.717, 1.165) is 17.9 Å². The summed E-state index contributed by atoms with van der Waals surface area (Å²) < 4.78 is 1.69. The summed E-state index contributed by atoms with van der Waals surface area (Å²) in [7, 11) is 3.65. The summed E-state index contributed by atoms with van der Waals surface area (Å²) in [5.74, 6) is 0.766. The van der Waals surface area contributed by atoms with E-state index >= 15 is 0 Å². The van der Waals surface area contributed by atoms with Crippen LogP contribution in [0.1, 0.15) is 19.0 Å². The third-order valence-electron chi connectivity index (χ3n) is 2.55. The van der Waals surface area contributed by atoms with Crippen LogP contribution in [0.5, 0.6) is 0 Å². The number of amides is 1. The Kier molecular flexibility index (Phi) is 4.37. The molecule has 0 aliphatic heterocycles. The number of hydrogen-bond acceptors (Lipinski definition) is 4. The highest BCUT2D eigenvalue weighted by Crippen LogP contribution is 2.23. The van der Waals surface area contributed by atoms with Crippen LogP contribution in [0.15, 0.2) is 0 Å². The van der Waals surface area contributed by atoms with E-state index in [9.17, 15) is 4.79 Å². The largest absolute Gasteiger partial charge is 0.394 e. The molecule has 1 heterocycles. The first-order valence-corrected chi connectivity index (χ1v) is 5.74. The average molecular weight is 239 g/mol. The molecule has 96 valence electrons.